The minimum absolute atomic E-state index is 0.120. The minimum atomic E-state index is -0.203. The molecular weight excluding hydrogens is 352 g/mol. The van der Waals surface area contributed by atoms with Crippen molar-refractivity contribution in [3.8, 4) is 0 Å². The first-order valence-corrected chi connectivity index (χ1v) is 9.44. The van der Waals surface area contributed by atoms with E-state index < -0.39 is 0 Å². The molecule has 1 aromatic carbocycles. The lowest BCUT2D eigenvalue weighted by Crippen LogP contribution is -2.36. The number of pyridine rings is 1. The van der Waals surface area contributed by atoms with Crippen LogP contribution in [0.5, 0.6) is 0 Å². The zero-order valence-corrected chi connectivity index (χ0v) is 15.2. The number of morpholine rings is 1. The molecule has 0 atom stereocenters. The summed E-state index contributed by atoms with van der Waals surface area (Å²) in [6.07, 6.45) is 0. The van der Waals surface area contributed by atoms with Crippen LogP contribution in [-0.2, 0) is 4.74 Å². The molecule has 1 aromatic heterocycles. The van der Waals surface area contributed by atoms with Crippen LogP contribution in [-0.4, -0.2) is 54.7 Å². The lowest BCUT2D eigenvalue weighted by Gasteiger charge is -2.28. The predicted molar refractivity (Wildman–Crippen MR) is 105 cm³/mol. The summed E-state index contributed by atoms with van der Waals surface area (Å²) in [5.74, 6) is 1.77. The Morgan fingerprint density at radius 2 is 1.96 bits per heavy atom. The summed E-state index contributed by atoms with van der Waals surface area (Å²) in [4.78, 5) is 19.1. The SMILES string of the molecule is O=C(Nc1cccc(N2CCOCC2)n1)c1ccc(NSCCO)cc1. The first-order chi connectivity index (χ1) is 12.8. The molecule has 1 amide bonds. The van der Waals surface area contributed by atoms with E-state index in [1.165, 1.54) is 11.9 Å². The van der Waals surface area contributed by atoms with Gasteiger partial charge in [-0.3, -0.25) is 4.79 Å². The number of nitrogens with one attached hydrogen (secondary N) is 2. The van der Waals surface area contributed by atoms with E-state index in [0.717, 1.165) is 24.6 Å². The first-order valence-electron chi connectivity index (χ1n) is 8.46. The second-order valence-electron chi connectivity index (χ2n) is 5.69. The van der Waals surface area contributed by atoms with Gasteiger partial charge in [-0.15, -0.1) is 0 Å². The standard InChI is InChI=1S/C18H22N4O3S/c23-10-13-26-21-15-6-4-14(5-7-15)18(24)20-16-2-1-3-17(19-16)22-8-11-25-12-9-22/h1-7,21,23H,8-13H2,(H,19,20,24). The number of amides is 1. The van der Waals surface area contributed by atoms with E-state index in [1.54, 1.807) is 18.2 Å². The van der Waals surface area contributed by atoms with Gasteiger partial charge >= 0.3 is 0 Å². The van der Waals surface area contributed by atoms with Crippen LogP contribution in [0.2, 0.25) is 0 Å². The van der Waals surface area contributed by atoms with Crippen molar-refractivity contribution < 1.29 is 14.6 Å². The van der Waals surface area contributed by atoms with Crippen LogP contribution in [0.1, 0.15) is 10.4 Å². The molecule has 3 rings (SSSR count). The van der Waals surface area contributed by atoms with E-state index in [4.69, 9.17) is 9.84 Å². The maximum Gasteiger partial charge on any atom is 0.256 e. The minimum Gasteiger partial charge on any atom is -0.395 e. The molecule has 0 radical (unpaired) electrons. The average Bonchev–Trinajstić information content (AvgIpc) is 2.69. The Bertz CT molecular complexity index is 721. The number of hydrogen-bond acceptors (Lipinski definition) is 7. The van der Waals surface area contributed by atoms with Gasteiger partial charge in [0, 0.05) is 30.1 Å². The van der Waals surface area contributed by atoms with Crippen molar-refractivity contribution in [3.05, 3.63) is 48.0 Å². The van der Waals surface area contributed by atoms with Crippen LogP contribution in [0, 0.1) is 0 Å². The van der Waals surface area contributed by atoms with Crippen molar-refractivity contribution in [1.82, 2.24) is 4.98 Å². The van der Waals surface area contributed by atoms with Gasteiger partial charge in [0.15, 0.2) is 0 Å². The van der Waals surface area contributed by atoms with Gasteiger partial charge in [-0.05, 0) is 36.4 Å². The van der Waals surface area contributed by atoms with Gasteiger partial charge in [0.2, 0.25) is 0 Å². The monoisotopic (exact) mass is 374 g/mol. The van der Waals surface area contributed by atoms with E-state index in [9.17, 15) is 4.79 Å². The fourth-order valence-electron chi connectivity index (χ4n) is 2.52. The number of hydrogen-bond donors (Lipinski definition) is 3. The molecular formula is C18H22N4O3S. The highest BCUT2D eigenvalue weighted by Gasteiger charge is 2.13. The molecule has 0 spiro atoms. The highest BCUT2D eigenvalue weighted by Crippen LogP contribution is 2.18. The summed E-state index contributed by atoms with van der Waals surface area (Å²) >= 11 is 1.41. The van der Waals surface area contributed by atoms with Crippen molar-refractivity contribution in [3.63, 3.8) is 0 Å². The third-order valence-corrected chi connectivity index (χ3v) is 4.61. The second kappa shape index (κ2) is 9.42. The van der Waals surface area contributed by atoms with Crippen molar-refractivity contribution in [2.75, 3.05) is 53.6 Å². The number of aromatic nitrogens is 1. The van der Waals surface area contributed by atoms with Crippen LogP contribution < -0.4 is 14.9 Å². The van der Waals surface area contributed by atoms with Crippen molar-refractivity contribution in [1.29, 1.82) is 0 Å². The molecule has 3 N–H and O–H groups in total. The van der Waals surface area contributed by atoms with Crippen LogP contribution in [0.25, 0.3) is 0 Å². The summed E-state index contributed by atoms with van der Waals surface area (Å²) < 4.78 is 8.46. The maximum absolute atomic E-state index is 12.4. The zero-order valence-electron chi connectivity index (χ0n) is 14.4. The molecule has 1 aliphatic rings. The third-order valence-electron chi connectivity index (χ3n) is 3.84. The molecule has 1 saturated heterocycles. The molecule has 8 heteroatoms. The maximum atomic E-state index is 12.4. The number of nitrogens with zero attached hydrogens (tertiary/aromatic N) is 2. The Kier molecular flexibility index (Phi) is 6.70. The molecule has 7 nitrogen and oxygen atoms in total. The smallest absolute Gasteiger partial charge is 0.256 e. The van der Waals surface area contributed by atoms with E-state index in [2.05, 4.69) is 19.9 Å². The van der Waals surface area contributed by atoms with Gasteiger partial charge < -0.3 is 24.8 Å². The Balaban J connectivity index is 1.60. The summed E-state index contributed by atoms with van der Waals surface area (Å²) in [6.45, 7) is 3.10. The molecule has 1 aliphatic heterocycles. The normalized spacial score (nSPS) is 14.1. The number of aliphatic hydroxyl groups excluding tert-OH is 1. The van der Waals surface area contributed by atoms with Gasteiger partial charge in [0.1, 0.15) is 11.6 Å². The topological polar surface area (TPSA) is 86.7 Å². The molecule has 0 bridgehead atoms. The Labute approximate surface area is 156 Å². The predicted octanol–water partition coefficient (Wildman–Crippen LogP) is 2.22. The summed E-state index contributed by atoms with van der Waals surface area (Å²) in [5.41, 5.74) is 1.44. The van der Waals surface area contributed by atoms with Crippen LogP contribution in [0.3, 0.4) is 0 Å². The average molecular weight is 374 g/mol. The number of ether oxygens (including phenoxy) is 1. The second-order valence-corrected chi connectivity index (χ2v) is 6.59. The Morgan fingerprint density at radius 3 is 2.69 bits per heavy atom. The Hall–Kier alpha value is -2.29. The molecule has 0 unspecified atom stereocenters. The van der Waals surface area contributed by atoms with Crippen molar-refractivity contribution in [2.24, 2.45) is 0 Å². The Morgan fingerprint density at radius 1 is 1.19 bits per heavy atom. The fraction of sp³-hybridized carbons (Fsp3) is 0.333. The van der Waals surface area contributed by atoms with Gasteiger partial charge in [-0.2, -0.15) is 0 Å². The third kappa shape index (κ3) is 5.10. The molecule has 26 heavy (non-hydrogen) atoms. The molecule has 0 saturated carbocycles. The number of carbonyl (C=O) groups is 1. The van der Waals surface area contributed by atoms with Crippen LogP contribution in [0.4, 0.5) is 17.3 Å². The van der Waals surface area contributed by atoms with Crippen LogP contribution >= 0.6 is 11.9 Å². The quantitative estimate of drug-likeness (QED) is 0.506. The zero-order chi connectivity index (χ0) is 18.2. The van der Waals surface area contributed by atoms with E-state index in [0.29, 0.717) is 30.3 Å². The number of anilines is 3. The molecule has 1 fully saturated rings. The van der Waals surface area contributed by atoms with Gasteiger partial charge in [0.25, 0.3) is 5.91 Å². The highest BCUT2D eigenvalue weighted by atomic mass is 32.2. The highest BCUT2D eigenvalue weighted by molar-refractivity contribution is 8.00. The van der Waals surface area contributed by atoms with E-state index >= 15 is 0 Å². The molecule has 2 heterocycles. The lowest BCUT2D eigenvalue weighted by atomic mass is 10.2. The van der Waals surface area contributed by atoms with Gasteiger partial charge in [-0.1, -0.05) is 18.0 Å². The molecule has 2 aromatic rings. The summed E-state index contributed by atoms with van der Waals surface area (Å²) in [6, 6.07) is 12.8. The van der Waals surface area contributed by atoms with Gasteiger partial charge in [0.05, 0.1) is 19.8 Å². The summed E-state index contributed by atoms with van der Waals surface area (Å²) in [7, 11) is 0. The summed E-state index contributed by atoms with van der Waals surface area (Å²) in [5, 5.41) is 11.6. The van der Waals surface area contributed by atoms with E-state index in [-0.39, 0.29) is 12.5 Å². The number of benzene rings is 1. The molecule has 0 aliphatic carbocycles. The van der Waals surface area contributed by atoms with Crippen molar-refractivity contribution in [2.45, 2.75) is 0 Å². The largest absolute Gasteiger partial charge is 0.395 e. The van der Waals surface area contributed by atoms with Crippen LogP contribution in [0.15, 0.2) is 42.5 Å². The number of rotatable bonds is 7. The first kappa shape index (κ1) is 18.5. The number of aliphatic hydroxyl groups is 1. The number of carbonyl (C=O) groups excluding carboxylic acids is 1. The molecule has 138 valence electrons. The van der Waals surface area contributed by atoms with Crippen molar-refractivity contribution >= 4 is 35.2 Å². The van der Waals surface area contributed by atoms with E-state index in [1.807, 2.05) is 24.3 Å². The fourth-order valence-corrected chi connectivity index (χ4v) is 3.02. The van der Waals surface area contributed by atoms with Gasteiger partial charge in [-0.25, -0.2) is 4.98 Å². The lowest BCUT2D eigenvalue weighted by molar-refractivity contribution is 0.102.